The molecule has 2 rings (SSSR count). The molecule has 0 radical (unpaired) electrons. The molecular formula is C11H13BBrNO5. The molecule has 1 N–H and O–H groups in total. The summed E-state index contributed by atoms with van der Waals surface area (Å²) < 4.78 is 11.4. The van der Waals surface area contributed by atoms with Gasteiger partial charge in [0.1, 0.15) is 11.9 Å². The highest BCUT2D eigenvalue weighted by Crippen LogP contribution is 2.33. The van der Waals surface area contributed by atoms with Gasteiger partial charge in [-0.05, 0) is 24.0 Å². The third kappa shape index (κ3) is 3.07. The van der Waals surface area contributed by atoms with Gasteiger partial charge in [-0.2, -0.15) is 0 Å². The smallest absolute Gasteiger partial charge is 0.492 e. The predicted octanol–water partition coefficient (Wildman–Crippen LogP) is 1.27. The van der Waals surface area contributed by atoms with E-state index in [2.05, 4.69) is 15.9 Å². The molecule has 1 atom stereocenters. The van der Waals surface area contributed by atoms with E-state index in [-0.39, 0.29) is 6.54 Å². The molecule has 8 heteroatoms. The quantitative estimate of drug-likeness (QED) is 0.500. The third-order valence-corrected chi connectivity index (χ3v) is 3.46. The van der Waals surface area contributed by atoms with Crippen molar-refractivity contribution in [3.8, 4) is 5.75 Å². The molecule has 1 aromatic rings. The molecule has 102 valence electrons. The van der Waals surface area contributed by atoms with Crippen LogP contribution in [-0.2, 0) is 4.65 Å². The number of ether oxygens (including phenoxy) is 1. The van der Waals surface area contributed by atoms with Gasteiger partial charge in [-0.15, -0.1) is 0 Å². The van der Waals surface area contributed by atoms with Gasteiger partial charge in [-0.25, -0.2) is 0 Å². The van der Waals surface area contributed by atoms with Crippen molar-refractivity contribution >= 4 is 28.5 Å². The Morgan fingerprint density at radius 3 is 3.00 bits per heavy atom. The van der Waals surface area contributed by atoms with Crippen LogP contribution in [0.15, 0.2) is 16.6 Å². The molecule has 1 aliphatic rings. The van der Waals surface area contributed by atoms with Crippen LogP contribution >= 0.6 is 15.9 Å². The minimum Gasteiger partial charge on any atom is -0.494 e. The number of fused-ring (bicyclic) bond motifs is 1. The van der Waals surface area contributed by atoms with Crippen LogP contribution in [0.5, 0.6) is 5.75 Å². The molecule has 0 aromatic heterocycles. The minimum atomic E-state index is -1.15. The Morgan fingerprint density at radius 1 is 1.63 bits per heavy atom. The van der Waals surface area contributed by atoms with Crippen LogP contribution in [0.1, 0.15) is 25.0 Å². The molecule has 0 fully saturated rings. The van der Waals surface area contributed by atoms with E-state index in [1.54, 1.807) is 12.1 Å². The number of hydrogen-bond acceptors (Lipinski definition) is 5. The van der Waals surface area contributed by atoms with Crippen molar-refractivity contribution in [1.82, 2.24) is 0 Å². The van der Waals surface area contributed by atoms with E-state index in [4.69, 9.17) is 9.39 Å². The fourth-order valence-electron chi connectivity index (χ4n) is 2.03. The summed E-state index contributed by atoms with van der Waals surface area (Å²) in [4.78, 5) is 10.1. The van der Waals surface area contributed by atoms with Crippen LogP contribution in [-0.4, -0.2) is 30.2 Å². The first-order valence-electron chi connectivity index (χ1n) is 5.94. The molecular weight excluding hydrogens is 317 g/mol. The van der Waals surface area contributed by atoms with Crippen molar-refractivity contribution in [1.29, 1.82) is 0 Å². The van der Waals surface area contributed by atoms with E-state index in [0.717, 1.165) is 6.42 Å². The Bertz CT molecular complexity index is 498. The Hall–Kier alpha value is -1.12. The lowest BCUT2D eigenvalue weighted by Crippen LogP contribution is -2.28. The minimum absolute atomic E-state index is 0.377. The molecule has 0 spiro atoms. The SMILES string of the molecule is CCCOc1cc(Br)c2c(c1)B(O)OC2C[N+](=O)[O-]. The van der Waals surface area contributed by atoms with Crippen molar-refractivity contribution < 1.29 is 19.3 Å². The first kappa shape index (κ1) is 14.3. The van der Waals surface area contributed by atoms with Crippen LogP contribution in [0.4, 0.5) is 0 Å². The van der Waals surface area contributed by atoms with E-state index >= 15 is 0 Å². The molecule has 0 saturated heterocycles. The second-order valence-electron chi connectivity index (χ2n) is 4.25. The van der Waals surface area contributed by atoms with Gasteiger partial charge in [-0.1, -0.05) is 22.9 Å². The standard InChI is InChI=1S/C11H13BBrNO5/c1-2-3-18-7-4-8-11(9(13)5-7)10(6-14(16)17)19-12(8)15/h4-5,10,15H,2-3,6H2,1H3. The third-order valence-electron chi connectivity index (χ3n) is 2.80. The zero-order valence-electron chi connectivity index (χ0n) is 10.3. The lowest BCUT2D eigenvalue weighted by Gasteiger charge is -2.11. The molecule has 0 saturated carbocycles. The van der Waals surface area contributed by atoms with Crippen LogP contribution in [0.25, 0.3) is 0 Å². The van der Waals surface area contributed by atoms with Crippen molar-refractivity contribution in [2.45, 2.75) is 19.4 Å². The average Bonchev–Trinajstić information content (AvgIpc) is 2.63. The van der Waals surface area contributed by atoms with Gasteiger partial charge < -0.3 is 14.4 Å². The highest BCUT2D eigenvalue weighted by atomic mass is 79.9. The summed E-state index contributed by atoms with van der Waals surface area (Å²) in [6.45, 7) is 2.19. The first-order chi connectivity index (χ1) is 9.02. The molecule has 19 heavy (non-hydrogen) atoms. The Labute approximate surface area is 119 Å². The second kappa shape index (κ2) is 5.89. The Balaban J connectivity index is 2.31. The largest absolute Gasteiger partial charge is 0.494 e. The fourth-order valence-corrected chi connectivity index (χ4v) is 2.74. The van der Waals surface area contributed by atoms with E-state index in [1.807, 2.05) is 6.92 Å². The van der Waals surface area contributed by atoms with E-state index in [1.165, 1.54) is 0 Å². The summed E-state index contributed by atoms with van der Waals surface area (Å²) in [5, 5.41) is 20.4. The molecule has 0 amide bonds. The highest BCUT2D eigenvalue weighted by molar-refractivity contribution is 9.10. The maximum absolute atomic E-state index is 10.6. The highest BCUT2D eigenvalue weighted by Gasteiger charge is 2.39. The topological polar surface area (TPSA) is 81.8 Å². The number of halogens is 1. The average molecular weight is 330 g/mol. The van der Waals surface area contributed by atoms with Crippen LogP contribution in [0.3, 0.4) is 0 Å². The molecule has 1 aromatic carbocycles. The fraction of sp³-hybridized carbons (Fsp3) is 0.455. The summed E-state index contributed by atoms with van der Waals surface area (Å²) >= 11 is 3.35. The first-order valence-corrected chi connectivity index (χ1v) is 6.73. The predicted molar refractivity (Wildman–Crippen MR) is 73.2 cm³/mol. The van der Waals surface area contributed by atoms with Crippen molar-refractivity contribution in [2.75, 3.05) is 13.2 Å². The number of hydrogen-bond donors (Lipinski definition) is 1. The summed E-state index contributed by atoms with van der Waals surface area (Å²) in [5.41, 5.74) is 1.14. The van der Waals surface area contributed by atoms with Gasteiger partial charge in [0.05, 0.1) is 6.61 Å². The van der Waals surface area contributed by atoms with E-state index in [9.17, 15) is 15.1 Å². The van der Waals surface area contributed by atoms with Gasteiger partial charge in [0, 0.05) is 15.0 Å². The van der Waals surface area contributed by atoms with Crippen molar-refractivity contribution in [3.05, 3.63) is 32.3 Å². The van der Waals surface area contributed by atoms with Gasteiger partial charge in [-0.3, -0.25) is 10.1 Å². The lowest BCUT2D eigenvalue weighted by atomic mass is 9.79. The molecule has 1 aliphatic heterocycles. The van der Waals surface area contributed by atoms with Gasteiger partial charge >= 0.3 is 7.12 Å². The van der Waals surface area contributed by atoms with E-state index < -0.39 is 18.1 Å². The zero-order valence-corrected chi connectivity index (χ0v) is 11.9. The molecule has 1 unspecified atom stereocenters. The molecule has 0 aliphatic carbocycles. The Kier molecular flexibility index (Phi) is 4.44. The number of benzene rings is 1. The number of rotatable bonds is 5. The summed E-state index contributed by atoms with van der Waals surface area (Å²) in [6, 6.07) is 3.41. The molecule has 1 heterocycles. The van der Waals surface area contributed by atoms with Crippen molar-refractivity contribution in [3.63, 3.8) is 0 Å². The van der Waals surface area contributed by atoms with Crippen LogP contribution in [0, 0.1) is 10.1 Å². The maximum Gasteiger partial charge on any atom is 0.492 e. The van der Waals surface area contributed by atoms with Gasteiger partial charge in [0.15, 0.2) is 0 Å². The van der Waals surface area contributed by atoms with Crippen molar-refractivity contribution in [2.24, 2.45) is 0 Å². The van der Waals surface area contributed by atoms with Gasteiger partial charge in [0.25, 0.3) is 0 Å². The number of nitrogens with zero attached hydrogens (tertiary/aromatic N) is 1. The molecule has 0 bridgehead atoms. The Morgan fingerprint density at radius 2 is 2.37 bits per heavy atom. The van der Waals surface area contributed by atoms with Gasteiger partial charge in [0.2, 0.25) is 6.54 Å². The lowest BCUT2D eigenvalue weighted by molar-refractivity contribution is -0.490. The van der Waals surface area contributed by atoms with E-state index in [0.29, 0.717) is 27.9 Å². The van der Waals surface area contributed by atoms with Crippen LogP contribution in [0.2, 0.25) is 0 Å². The number of nitro groups is 1. The normalized spacial score (nSPS) is 17.4. The molecule has 6 nitrogen and oxygen atoms in total. The summed E-state index contributed by atoms with van der Waals surface area (Å²) in [6.07, 6.45) is 0.132. The zero-order chi connectivity index (χ0) is 14.0. The maximum atomic E-state index is 10.6. The van der Waals surface area contributed by atoms with Crippen LogP contribution < -0.4 is 10.2 Å². The summed E-state index contributed by atoms with van der Waals surface area (Å²) in [5.74, 6) is 0.608. The second-order valence-corrected chi connectivity index (χ2v) is 5.10. The monoisotopic (exact) mass is 329 g/mol. The summed E-state index contributed by atoms with van der Waals surface area (Å²) in [7, 11) is -1.15.